The summed E-state index contributed by atoms with van der Waals surface area (Å²) in [6.45, 7) is 4.18. The van der Waals surface area contributed by atoms with Crippen molar-refractivity contribution in [1.82, 2.24) is 9.97 Å². The zero-order valence-electron chi connectivity index (χ0n) is 16.9. The lowest BCUT2D eigenvalue weighted by molar-refractivity contribution is -0.123. The van der Waals surface area contributed by atoms with Gasteiger partial charge in [-0.15, -0.1) is 0 Å². The van der Waals surface area contributed by atoms with Gasteiger partial charge in [-0.3, -0.25) is 19.4 Å². The van der Waals surface area contributed by atoms with Crippen LogP contribution in [-0.2, 0) is 9.59 Å². The second kappa shape index (κ2) is 8.10. The van der Waals surface area contributed by atoms with E-state index in [-0.39, 0.29) is 35.8 Å². The smallest absolute Gasteiger partial charge is 0.258 e. The van der Waals surface area contributed by atoms with E-state index >= 15 is 0 Å². The molecule has 158 valence electrons. The molecule has 0 aliphatic carbocycles. The Morgan fingerprint density at radius 2 is 1.97 bits per heavy atom. The van der Waals surface area contributed by atoms with Gasteiger partial charge in [0.25, 0.3) is 5.56 Å². The largest absolute Gasteiger partial charge is 0.337 e. The fourth-order valence-electron chi connectivity index (χ4n) is 4.34. The Balaban J connectivity index is 1.68. The first-order valence-electron chi connectivity index (χ1n) is 10.1. The number of nitrogens with one attached hydrogen (secondary N) is 3. The first-order valence-corrected chi connectivity index (χ1v) is 10.5. The van der Waals surface area contributed by atoms with E-state index in [0.717, 1.165) is 19.3 Å². The summed E-state index contributed by atoms with van der Waals surface area (Å²) in [5.74, 6) is -1.16. The minimum Gasteiger partial charge on any atom is -0.337 e. The van der Waals surface area contributed by atoms with Gasteiger partial charge in [0, 0.05) is 29.2 Å². The van der Waals surface area contributed by atoms with Crippen molar-refractivity contribution in [1.29, 1.82) is 0 Å². The molecule has 1 fully saturated rings. The Labute approximate surface area is 179 Å². The summed E-state index contributed by atoms with van der Waals surface area (Å²) in [5, 5.41) is 5.88. The highest BCUT2D eigenvalue weighted by Gasteiger charge is 2.36. The molecule has 4 rings (SSSR count). The zero-order chi connectivity index (χ0) is 21.4. The van der Waals surface area contributed by atoms with Crippen LogP contribution in [0.5, 0.6) is 0 Å². The number of aromatic amines is 1. The molecule has 30 heavy (non-hydrogen) atoms. The maximum Gasteiger partial charge on any atom is 0.258 e. The van der Waals surface area contributed by atoms with Crippen LogP contribution in [0.15, 0.2) is 29.1 Å². The molecule has 2 aliphatic heterocycles. The van der Waals surface area contributed by atoms with Crippen molar-refractivity contribution in [2.75, 3.05) is 15.5 Å². The van der Waals surface area contributed by atoms with Gasteiger partial charge in [0.1, 0.15) is 5.82 Å². The van der Waals surface area contributed by atoms with Crippen LogP contribution in [0.1, 0.15) is 51.0 Å². The lowest BCUT2D eigenvalue weighted by Crippen LogP contribution is -2.46. The van der Waals surface area contributed by atoms with Crippen molar-refractivity contribution in [3.63, 3.8) is 0 Å². The first kappa shape index (κ1) is 20.4. The molecule has 0 radical (unpaired) electrons. The lowest BCUT2D eigenvalue weighted by atomic mass is 9.92. The Morgan fingerprint density at radius 3 is 2.67 bits per heavy atom. The van der Waals surface area contributed by atoms with E-state index in [1.165, 1.54) is 0 Å². The van der Waals surface area contributed by atoms with Gasteiger partial charge < -0.3 is 15.5 Å². The summed E-state index contributed by atoms with van der Waals surface area (Å²) in [6, 6.07) is 7.14. The average Bonchev–Trinajstić information content (AvgIpc) is 2.67. The summed E-state index contributed by atoms with van der Waals surface area (Å²) >= 11 is 5.97. The number of carbonyl (C=O) groups excluding carboxylic acids is 2. The van der Waals surface area contributed by atoms with Crippen molar-refractivity contribution in [3.8, 4) is 0 Å². The number of aromatic nitrogens is 2. The zero-order valence-corrected chi connectivity index (χ0v) is 17.6. The topological polar surface area (TPSA) is 107 Å². The standard InChI is InChI=1S/C21H24ClN5O3/c1-11-5-3-6-12(2)27(11)21-25-18-17(20(30)26-21)15(10-16(28)24-18)19(29)23-14-8-4-7-13(22)9-14/h4,7-9,11-12,15H,3,5-6,10H2,1-2H3,(H,23,29)(H2,24,25,26,28,30)/t11-,12+,15-/m0/s1. The number of halogens is 1. The van der Waals surface area contributed by atoms with Gasteiger partial charge in [-0.1, -0.05) is 17.7 Å². The van der Waals surface area contributed by atoms with E-state index in [1.807, 2.05) is 0 Å². The fourth-order valence-corrected chi connectivity index (χ4v) is 4.53. The molecular formula is C21H24ClN5O3. The number of piperidine rings is 1. The van der Waals surface area contributed by atoms with Crippen LogP contribution in [0.3, 0.4) is 0 Å². The van der Waals surface area contributed by atoms with Crippen molar-refractivity contribution in [2.45, 2.75) is 57.5 Å². The Hall–Kier alpha value is -2.87. The van der Waals surface area contributed by atoms with Crippen LogP contribution in [0.2, 0.25) is 5.02 Å². The highest BCUT2D eigenvalue weighted by molar-refractivity contribution is 6.30. The number of carbonyl (C=O) groups is 2. The van der Waals surface area contributed by atoms with Gasteiger partial charge in [-0.05, 0) is 51.3 Å². The maximum atomic E-state index is 13.0. The minimum atomic E-state index is -0.936. The Bertz CT molecular complexity index is 1040. The van der Waals surface area contributed by atoms with Crippen molar-refractivity contribution in [2.24, 2.45) is 0 Å². The molecule has 3 N–H and O–H groups in total. The minimum absolute atomic E-state index is 0.125. The number of nitrogens with zero attached hydrogens (tertiary/aromatic N) is 2. The van der Waals surface area contributed by atoms with E-state index in [1.54, 1.807) is 24.3 Å². The molecule has 8 nitrogen and oxygen atoms in total. The van der Waals surface area contributed by atoms with E-state index < -0.39 is 17.4 Å². The summed E-state index contributed by atoms with van der Waals surface area (Å²) in [6.07, 6.45) is 3.00. The molecule has 2 aromatic rings. The highest BCUT2D eigenvalue weighted by atomic mass is 35.5. The van der Waals surface area contributed by atoms with Gasteiger partial charge in [-0.25, -0.2) is 0 Å². The number of hydrogen-bond donors (Lipinski definition) is 3. The molecule has 0 saturated carbocycles. The van der Waals surface area contributed by atoms with E-state index in [9.17, 15) is 14.4 Å². The quantitative estimate of drug-likeness (QED) is 0.694. The third-order valence-corrected chi connectivity index (χ3v) is 6.02. The van der Waals surface area contributed by atoms with Crippen molar-refractivity contribution >= 4 is 40.9 Å². The Kier molecular flexibility index (Phi) is 5.51. The first-order chi connectivity index (χ1) is 14.3. The molecular weight excluding hydrogens is 406 g/mol. The number of H-pyrrole nitrogens is 1. The number of amides is 2. The normalized spacial score (nSPS) is 23.5. The SMILES string of the molecule is C[C@@H]1CCC[C@H](C)N1c1nc2c(c(=O)[nH]1)[C@@H](C(=O)Nc1cccc(Cl)c1)CC(=O)N2. The highest BCUT2D eigenvalue weighted by Crippen LogP contribution is 2.32. The molecule has 3 heterocycles. The van der Waals surface area contributed by atoms with Crippen LogP contribution in [0, 0.1) is 0 Å². The predicted octanol–water partition coefficient (Wildman–Crippen LogP) is 3.26. The molecule has 0 unspecified atom stereocenters. The number of benzene rings is 1. The van der Waals surface area contributed by atoms with E-state index in [0.29, 0.717) is 16.7 Å². The molecule has 1 saturated heterocycles. The Morgan fingerprint density at radius 1 is 1.23 bits per heavy atom. The van der Waals surface area contributed by atoms with Crippen LogP contribution in [0.4, 0.5) is 17.5 Å². The van der Waals surface area contributed by atoms with Crippen molar-refractivity contribution < 1.29 is 9.59 Å². The predicted molar refractivity (Wildman–Crippen MR) is 116 cm³/mol. The van der Waals surface area contributed by atoms with Gasteiger partial charge >= 0.3 is 0 Å². The van der Waals surface area contributed by atoms with Gasteiger partial charge in [-0.2, -0.15) is 4.98 Å². The number of hydrogen-bond acceptors (Lipinski definition) is 5. The molecule has 3 atom stereocenters. The van der Waals surface area contributed by atoms with Crippen LogP contribution in [-0.4, -0.2) is 33.9 Å². The molecule has 2 aliphatic rings. The molecule has 9 heteroatoms. The van der Waals surface area contributed by atoms with Gasteiger partial charge in [0.15, 0.2) is 0 Å². The maximum absolute atomic E-state index is 13.0. The summed E-state index contributed by atoms with van der Waals surface area (Å²) in [4.78, 5) is 47.7. The summed E-state index contributed by atoms with van der Waals surface area (Å²) in [5.41, 5.74) is 0.262. The number of rotatable bonds is 3. The molecule has 1 aromatic carbocycles. The van der Waals surface area contributed by atoms with Crippen LogP contribution in [0.25, 0.3) is 0 Å². The molecule has 1 aromatic heterocycles. The second-order valence-electron chi connectivity index (χ2n) is 7.99. The third kappa shape index (κ3) is 3.92. The van der Waals surface area contributed by atoms with Crippen molar-refractivity contribution in [3.05, 3.63) is 45.2 Å². The fraction of sp³-hybridized carbons (Fsp3) is 0.429. The van der Waals surface area contributed by atoms with E-state index in [4.69, 9.17) is 11.6 Å². The van der Waals surface area contributed by atoms with Gasteiger partial charge in [0.05, 0.1) is 11.5 Å². The number of anilines is 3. The lowest BCUT2D eigenvalue weighted by Gasteiger charge is -2.39. The summed E-state index contributed by atoms with van der Waals surface area (Å²) in [7, 11) is 0. The van der Waals surface area contributed by atoms with Crippen LogP contribution < -0.4 is 21.1 Å². The van der Waals surface area contributed by atoms with E-state index in [2.05, 4.69) is 39.3 Å². The van der Waals surface area contributed by atoms with Gasteiger partial charge in [0.2, 0.25) is 17.8 Å². The molecule has 0 spiro atoms. The molecule has 2 amide bonds. The van der Waals surface area contributed by atoms with Crippen LogP contribution >= 0.6 is 11.6 Å². The third-order valence-electron chi connectivity index (χ3n) is 5.79. The average molecular weight is 430 g/mol. The molecule has 0 bridgehead atoms. The summed E-state index contributed by atoms with van der Waals surface area (Å²) < 4.78 is 0. The second-order valence-corrected chi connectivity index (χ2v) is 8.43. The monoisotopic (exact) mass is 429 g/mol. The number of fused-ring (bicyclic) bond motifs is 1.